The van der Waals surface area contributed by atoms with Crippen LogP contribution in [-0.4, -0.2) is 41.9 Å². The molecule has 0 aromatic heterocycles. The van der Waals surface area contributed by atoms with Crippen LogP contribution in [0.15, 0.2) is 78.9 Å². The number of nitro benzene ring substituents is 1. The number of hydrogen-bond acceptors (Lipinski definition) is 4. The van der Waals surface area contributed by atoms with Crippen LogP contribution in [0.4, 0.5) is 15.8 Å². The fourth-order valence-corrected chi connectivity index (χ4v) is 3.81. The molecule has 0 aliphatic carbocycles. The minimum absolute atomic E-state index is 0.0305. The van der Waals surface area contributed by atoms with Crippen molar-refractivity contribution in [2.45, 2.75) is 0 Å². The van der Waals surface area contributed by atoms with Gasteiger partial charge in [0.05, 0.1) is 10.6 Å². The summed E-state index contributed by atoms with van der Waals surface area (Å²) in [5.74, 6) is -0.432. The first-order valence-electron chi connectivity index (χ1n) is 10.3. The molecular formula is C25H22FN3O3. The second-order valence-electron chi connectivity index (χ2n) is 7.51. The SMILES string of the molecule is O=C(/C(=C/c1cccc([N+](=O)[O-])c1)c1ccccc1)N1CCN(c2ccccc2F)CC1. The number of benzene rings is 3. The highest BCUT2D eigenvalue weighted by atomic mass is 19.1. The Labute approximate surface area is 185 Å². The number of para-hydroxylation sites is 1. The zero-order chi connectivity index (χ0) is 22.5. The Kier molecular flexibility index (Phi) is 6.26. The van der Waals surface area contributed by atoms with Crippen molar-refractivity contribution in [3.05, 3.63) is 106 Å². The predicted octanol–water partition coefficient (Wildman–Crippen LogP) is 4.62. The minimum atomic E-state index is -0.455. The molecule has 1 aliphatic rings. The van der Waals surface area contributed by atoms with Crippen molar-refractivity contribution >= 4 is 28.9 Å². The van der Waals surface area contributed by atoms with Crippen molar-refractivity contribution in [2.75, 3.05) is 31.1 Å². The van der Waals surface area contributed by atoms with E-state index >= 15 is 0 Å². The molecule has 1 aliphatic heterocycles. The van der Waals surface area contributed by atoms with E-state index in [-0.39, 0.29) is 17.4 Å². The number of non-ortho nitro benzene ring substituents is 1. The van der Waals surface area contributed by atoms with Gasteiger partial charge in [-0.25, -0.2) is 4.39 Å². The van der Waals surface area contributed by atoms with Gasteiger partial charge in [-0.15, -0.1) is 0 Å². The molecule has 7 heteroatoms. The molecule has 0 spiro atoms. The second-order valence-corrected chi connectivity index (χ2v) is 7.51. The van der Waals surface area contributed by atoms with Crippen LogP contribution in [0, 0.1) is 15.9 Å². The van der Waals surface area contributed by atoms with Gasteiger partial charge in [-0.3, -0.25) is 14.9 Å². The summed E-state index contributed by atoms with van der Waals surface area (Å²) in [6, 6.07) is 22.1. The van der Waals surface area contributed by atoms with Crippen molar-refractivity contribution in [1.29, 1.82) is 0 Å². The smallest absolute Gasteiger partial charge is 0.270 e. The van der Waals surface area contributed by atoms with E-state index in [9.17, 15) is 19.3 Å². The molecule has 162 valence electrons. The van der Waals surface area contributed by atoms with E-state index in [2.05, 4.69) is 0 Å². The maximum Gasteiger partial charge on any atom is 0.270 e. The van der Waals surface area contributed by atoms with Gasteiger partial charge >= 0.3 is 0 Å². The quantitative estimate of drug-likeness (QED) is 0.256. The number of nitro groups is 1. The standard InChI is InChI=1S/C25H22FN3O3/c26-23-11-4-5-12-24(23)27-13-15-28(16-14-27)25(30)22(20-8-2-1-3-9-20)18-19-7-6-10-21(17-19)29(31)32/h1-12,17-18H,13-16H2/b22-18+. The third-order valence-corrected chi connectivity index (χ3v) is 5.47. The summed E-state index contributed by atoms with van der Waals surface area (Å²) in [5, 5.41) is 11.1. The molecule has 1 saturated heterocycles. The van der Waals surface area contributed by atoms with Crippen LogP contribution in [0.5, 0.6) is 0 Å². The first-order valence-corrected chi connectivity index (χ1v) is 10.3. The third kappa shape index (κ3) is 4.67. The Morgan fingerprint density at radius 1 is 0.906 bits per heavy atom. The lowest BCUT2D eigenvalue weighted by molar-refractivity contribution is -0.384. The summed E-state index contributed by atoms with van der Waals surface area (Å²) in [6.45, 7) is 1.94. The summed E-state index contributed by atoms with van der Waals surface area (Å²) >= 11 is 0. The number of anilines is 1. The van der Waals surface area contributed by atoms with Gasteiger partial charge in [-0.1, -0.05) is 54.6 Å². The molecule has 3 aromatic rings. The third-order valence-electron chi connectivity index (χ3n) is 5.47. The van der Waals surface area contributed by atoms with Crippen molar-refractivity contribution in [2.24, 2.45) is 0 Å². The summed E-state index contributed by atoms with van der Waals surface area (Å²) < 4.78 is 14.1. The van der Waals surface area contributed by atoms with E-state index in [0.29, 0.717) is 43.0 Å². The number of rotatable bonds is 5. The zero-order valence-corrected chi connectivity index (χ0v) is 17.4. The molecule has 1 heterocycles. The molecule has 0 radical (unpaired) electrons. The molecule has 0 bridgehead atoms. The summed E-state index contributed by atoms with van der Waals surface area (Å²) in [7, 11) is 0. The van der Waals surface area contributed by atoms with Gasteiger partial charge in [0.1, 0.15) is 5.82 Å². The van der Waals surface area contributed by atoms with Crippen LogP contribution < -0.4 is 4.90 Å². The molecule has 0 unspecified atom stereocenters. The minimum Gasteiger partial charge on any atom is -0.366 e. The van der Waals surface area contributed by atoms with Crippen LogP contribution in [0.2, 0.25) is 0 Å². The van der Waals surface area contributed by atoms with Gasteiger partial charge in [0.2, 0.25) is 0 Å². The Balaban J connectivity index is 1.59. The summed E-state index contributed by atoms with van der Waals surface area (Å²) in [5.41, 5.74) is 2.29. The molecule has 4 rings (SSSR count). The van der Waals surface area contributed by atoms with Crippen molar-refractivity contribution in [3.8, 4) is 0 Å². The van der Waals surface area contributed by atoms with E-state index < -0.39 is 4.92 Å². The van der Waals surface area contributed by atoms with Gasteiger partial charge in [-0.2, -0.15) is 0 Å². The fourth-order valence-electron chi connectivity index (χ4n) is 3.81. The molecule has 3 aromatic carbocycles. The first-order chi connectivity index (χ1) is 15.5. The number of halogens is 1. The average Bonchev–Trinajstić information content (AvgIpc) is 2.83. The monoisotopic (exact) mass is 431 g/mol. The van der Waals surface area contributed by atoms with Gasteiger partial charge in [0, 0.05) is 43.9 Å². The second kappa shape index (κ2) is 9.43. The van der Waals surface area contributed by atoms with Crippen LogP contribution in [0.1, 0.15) is 11.1 Å². The molecule has 1 amide bonds. The van der Waals surface area contributed by atoms with Gasteiger partial charge in [0.15, 0.2) is 0 Å². The zero-order valence-electron chi connectivity index (χ0n) is 17.4. The van der Waals surface area contributed by atoms with Crippen LogP contribution >= 0.6 is 0 Å². The molecular weight excluding hydrogens is 409 g/mol. The van der Waals surface area contributed by atoms with Gasteiger partial charge in [-0.05, 0) is 29.3 Å². The largest absolute Gasteiger partial charge is 0.366 e. The van der Waals surface area contributed by atoms with Crippen LogP contribution in [-0.2, 0) is 4.79 Å². The summed E-state index contributed by atoms with van der Waals surface area (Å²) in [6.07, 6.45) is 1.69. The molecule has 6 nitrogen and oxygen atoms in total. The lowest BCUT2D eigenvalue weighted by Crippen LogP contribution is -2.49. The highest BCUT2D eigenvalue weighted by Crippen LogP contribution is 2.25. The maximum absolute atomic E-state index is 14.1. The Hall–Kier alpha value is -4.00. The number of piperazine rings is 1. The lowest BCUT2D eigenvalue weighted by atomic mass is 10.0. The lowest BCUT2D eigenvalue weighted by Gasteiger charge is -2.36. The van der Waals surface area contributed by atoms with Gasteiger partial charge in [0.25, 0.3) is 11.6 Å². The van der Waals surface area contributed by atoms with E-state index in [4.69, 9.17) is 0 Å². The number of amides is 1. The normalized spacial score (nSPS) is 14.3. The number of carbonyl (C=O) groups is 1. The Morgan fingerprint density at radius 3 is 2.28 bits per heavy atom. The molecule has 0 N–H and O–H groups in total. The number of nitrogens with zero attached hydrogens (tertiary/aromatic N) is 3. The molecule has 0 saturated carbocycles. The van der Waals surface area contributed by atoms with E-state index in [0.717, 1.165) is 5.56 Å². The Morgan fingerprint density at radius 2 is 1.59 bits per heavy atom. The molecule has 32 heavy (non-hydrogen) atoms. The van der Waals surface area contributed by atoms with E-state index in [1.165, 1.54) is 18.2 Å². The number of hydrogen-bond donors (Lipinski definition) is 0. The fraction of sp³-hybridized carbons (Fsp3) is 0.160. The maximum atomic E-state index is 14.1. The average molecular weight is 431 g/mol. The molecule has 1 fully saturated rings. The summed E-state index contributed by atoms with van der Waals surface area (Å²) in [4.78, 5) is 27.8. The molecule has 0 atom stereocenters. The van der Waals surface area contributed by atoms with E-state index in [1.807, 2.05) is 35.2 Å². The number of carbonyl (C=O) groups excluding carboxylic acids is 1. The van der Waals surface area contributed by atoms with Crippen LogP contribution in [0.25, 0.3) is 11.6 Å². The topological polar surface area (TPSA) is 66.7 Å². The van der Waals surface area contributed by atoms with Crippen molar-refractivity contribution in [1.82, 2.24) is 4.90 Å². The Bertz CT molecular complexity index is 1160. The van der Waals surface area contributed by atoms with Crippen molar-refractivity contribution < 1.29 is 14.1 Å². The van der Waals surface area contributed by atoms with E-state index in [1.54, 1.807) is 41.3 Å². The van der Waals surface area contributed by atoms with Gasteiger partial charge < -0.3 is 9.80 Å². The predicted molar refractivity (Wildman–Crippen MR) is 123 cm³/mol. The van der Waals surface area contributed by atoms with Crippen LogP contribution in [0.3, 0.4) is 0 Å². The highest BCUT2D eigenvalue weighted by Gasteiger charge is 2.25. The highest BCUT2D eigenvalue weighted by molar-refractivity contribution is 6.24. The first kappa shape index (κ1) is 21.2. The van der Waals surface area contributed by atoms with Crippen molar-refractivity contribution in [3.63, 3.8) is 0 Å².